The molecular weight excluding hydrogens is 276 g/mol. The molecule has 0 aliphatic carbocycles. The second-order valence-corrected chi connectivity index (χ2v) is 4.16. The number of nitriles is 2. The zero-order valence-corrected chi connectivity index (χ0v) is 11.4. The quantitative estimate of drug-likeness (QED) is 0.363. The van der Waals surface area contributed by atoms with Crippen LogP contribution >= 0.6 is 11.6 Å². The molecule has 102 valence electrons. The van der Waals surface area contributed by atoms with Crippen LogP contribution in [-0.2, 0) is 4.79 Å². The number of carbonyl (C=O) groups is 1. The monoisotopic (exact) mass is 288 g/mol. The van der Waals surface area contributed by atoms with Gasteiger partial charge in [0.2, 0.25) is 0 Å². The lowest BCUT2D eigenvalue weighted by Gasteiger charge is -2.06. The molecule has 0 spiro atoms. The predicted molar refractivity (Wildman–Crippen MR) is 76.8 cm³/mol. The molecular formula is C14H13ClN4O. The van der Waals surface area contributed by atoms with E-state index in [1.807, 2.05) is 12.1 Å². The lowest BCUT2D eigenvalue weighted by Crippen LogP contribution is -2.17. The van der Waals surface area contributed by atoms with Gasteiger partial charge in [0.05, 0.1) is 11.3 Å². The number of halogens is 1. The summed E-state index contributed by atoms with van der Waals surface area (Å²) in [4.78, 5) is 11.9. The summed E-state index contributed by atoms with van der Waals surface area (Å²) >= 11 is 5.52. The summed E-state index contributed by atoms with van der Waals surface area (Å²) in [5.41, 5.74) is 0.655. The van der Waals surface area contributed by atoms with Gasteiger partial charge in [-0.3, -0.25) is 4.79 Å². The molecule has 0 aliphatic heterocycles. The second-order valence-electron chi connectivity index (χ2n) is 3.78. The Morgan fingerprint density at radius 2 is 2.10 bits per heavy atom. The molecule has 0 saturated heterocycles. The van der Waals surface area contributed by atoms with Gasteiger partial charge in [-0.15, -0.1) is 11.6 Å². The Hall–Kier alpha value is -2.50. The molecule has 0 saturated carbocycles. The molecule has 0 atom stereocenters. The highest BCUT2D eigenvalue weighted by atomic mass is 35.5. The van der Waals surface area contributed by atoms with E-state index in [0.717, 1.165) is 6.42 Å². The van der Waals surface area contributed by atoms with Crippen LogP contribution in [0.4, 0.5) is 5.69 Å². The Kier molecular flexibility index (Phi) is 6.67. The number of nitrogens with zero attached hydrogens (tertiary/aromatic N) is 2. The molecule has 5 nitrogen and oxygen atoms in total. The van der Waals surface area contributed by atoms with Gasteiger partial charge in [-0.2, -0.15) is 10.5 Å². The van der Waals surface area contributed by atoms with E-state index < -0.39 is 5.91 Å². The molecule has 0 heterocycles. The number of para-hydroxylation sites is 1. The van der Waals surface area contributed by atoms with Crippen LogP contribution in [0.3, 0.4) is 0 Å². The number of carbonyl (C=O) groups excluding carboxylic acids is 1. The van der Waals surface area contributed by atoms with Crippen molar-refractivity contribution in [3.8, 4) is 12.1 Å². The SMILES string of the molecule is N#C/C(=C/NCCCCl)C(=O)Nc1ccccc1C#N. The van der Waals surface area contributed by atoms with Crippen molar-refractivity contribution < 1.29 is 4.79 Å². The van der Waals surface area contributed by atoms with Crippen LogP contribution in [0.1, 0.15) is 12.0 Å². The van der Waals surface area contributed by atoms with E-state index in [1.54, 1.807) is 24.3 Å². The summed E-state index contributed by atoms with van der Waals surface area (Å²) in [6.07, 6.45) is 2.08. The van der Waals surface area contributed by atoms with Crippen molar-refractivity contribution in [3.63, 3.8) is 0 Å². The third-order valence-corrected chi connectivity index (χ3v) is 2.63. The Labute approximate surface area is 122 Å². The molecule has 1 aromatic carbocycles. The molecule has 20 heavy (non-hydrogen) atoms. The van der Waals surface area contributed by atoms with Crippen LogP contribution in [0.25, 0.3) is 0 Å². The summed E-state index contributed by atoms with van der Waals surface area (Å²) in [5, 5.41) is 23.2. The van der Waals surface area contributed by atoms with Crippen molar-refractivity contribution in [2.75, 3.05) is 17.7 Å². The first kappa shape index (κ1) is 15.6. The van der Waals surface area contributed by atoms with E-state index >= 15 is 0 Å². The van der Waals surface area contributed by atoms with Gasteiger partial charge < -0.3 is 10.6 Å². The van der Waals surface area contributed by atoms with E-state index in [-0.39, 0.29) is 5.57 Å². The molecule has 0 aromatic heterocycles. The van der Waals surface area contributed by atoms with Crippen molar-refractivity contribution in [2.24, 2.45) is 0 Å². The lowest BCUT2D eigenvalue weighted by atomic mass is 10.2. The van der Waals surface area contributed by atoms with Crippen LogP contribution in [0.5, 0.6) is 0 Å². The Bertz CT molecular complexity index is 584. The smallest absolute Gasteiger partial charge is 0.267 e. The summed E-state index contributed by atoms with van der Waals surface area (Å²) in [5.74, 6) is -0.0571. The van der Waals surface area contributed by atoms with Crippen molar-refractivity contribution in [2.45, 2.75) is 6.42 Å². The fourth-order valence-electron chi connectivity index (χ4n) is 1.37. The van der Waals surface area contributed by atoms with Crippen LogP contribution in [-0.4, -0.2) is 18.3 Å². The highest BCUT2D eigenvalue weighted by molar-refractivity contribution is 6.17. The van der Waals surface area contributed by atoms with Crippen LogP contribution < -0.4 is 10.6 Å². The van der Waals surface area contributed by atoms with Crippen LogP contribution in [0, 0.1) is 22.7 Å². The van der Waals surface area contributed by atoms with Gasteiger partial charge in [-0.25, -0.2) is 0 Å². The minimum absolute atomic E-state index is 0.0627. The summed E-state index contributed by atoms with van der Waals surface area (Å²) in [7, 11) is 0. The van der Waals surface area contributed by atoms with Crippen LogP contribution in [0.15, 0.2) is 36.0 Å². The molecule has 2 N–H and O–H groups in total. The van der Waals surface area contributed by atoms with Gasteiger partial charge in [-0.05, 0) is 18.6 Å². The molecule has 1 amide bonds. The maximum Gasteiger partial charge on any atom is 0.267 e. The fraction of sp³-hybridized carbons (Fsp3) is 0.214. The average molecular weight is 289 g/mol. The Morgan fingerprint density at radius 3 is 2.75 bits per heavy atom. The minimum Gasteiger partial charge on any atom is -0.390 e. The van der Waals surface area contributed by atoms with Gasteiger partial charge in [0.1, 0.15) is 17.7 Å². The van der Waals surface area contributed by atoms with E-state index in [9.17, 15) is 4.79 Å². The third kappa shape index (κ3) is 4.64. The summed E-state index contributed by atoms with van der Waals surface area (Å²) < 4.78 is 0. The van der Waals surface area contributed by atoms with Gasteiger partial charge in [0, 0.05) is 18.6 Å². The van der Waals surface area contributed by atoms with Gasteiger partial charge >= 0.3 is 0 Å². The first-order chi connectivity index (χ1) is 9.72. The first-order valence-corrected chi connectivity index (χ1v) is 6.46. The van der Waals surface area contributed by atoms with Crippen molar-refractivity contribution >= 4 is 23.2 Å². The van der Waals surface area contributed by atoms with Crippen molar-refractivity contribution in [1.29, 1.82) is 10.5 Å². The van der Waals surface area contributed by atoms with Gasteiger partial charge in [0.15, 0.2) is 0 Å². The number of alkyl halides is 1. The van der Waals surface area contributed by atoms with Crippen molar-refractivity contribution in [3.05, 3.63) is 41.6 Å². The molecule has 0 aliphatic rings. The summed E-state index contributed by atoms with van der Waals surface area (Å²) in [6.45, 7) is 0.580. The highest BCUT2D eigenvalue weighted by Crippen LogP contribution is 2.14. The molecule has 0 fully saturated rings. The first-order valence-electron chi connectivity index (χ1n) is 5.93. The molecule has 6 heteroatoms. The average Bonchev–Trinajstić information content (AvgIpc) is 2.48. The van der Waals surface area contributed by atoms with E-state index in [1.165, 1.54) is 6.20 Å². The normalized spacial score (nSPS) is 10.2. The van der Waals surface area contributed by atoms with E-state index in [0.29, 0.717) is 23.7 Å². The Morgan fingerprint density at radius 1 is 1.35 bits per heavy atom. The number of rotatable bonds is 6. The van der Waals surface area contributed by atoms with Crippen molar-refractivity contribution in [1.82, 2.24) is 5.32 Å². The molecule has 1 rings (SSSR count). The number of nitrogens with one attached hydrogen (secondary N) is 2. The van der Waals surface area contributed by atoms with Crippen LogP contribution in [0.2, 0.25) is 0 Å². The highest BCUT2D eigenvalue weighted by Gasteiger charge is 2.11. The number of amides is 1. The molecule has 0 radical (unpaired) electrons. The lowest BCUT2D eigenvalue weighted by molar-refractivity contribution is -0.112. The maximum absolute atomic E-state index is 11.9. The zero-order chi connectivity index (χ0) is 14.8. The number of anilines is 1. The number of hydrogen-bond donors (Lipinski definition) is 2. The standard InChI is InChI=1S/C14H13ClN4O/c15-6-3-7-18-10-12(9-17)14(20)19-13-5-2-1-4-11(13)8-16/h1-2,4-5,10,18H,3,6-7H2,(H,19,20)/b12-10-. The van der Waals surface area contributed by atoms with E-state index in [2.05, 4.69) is 10.6 Å². The number of hydrogen-bond acceptors (Lipinski definition) is 4. The zero-order valence-electron chi connectivity index (χ0n) is 10.7. The molecule has 0 unspecified atom stereocenters. The summed E-state index contributed by atoms with van der Waals surface area (Å²) in [6, 6.07) is 10.4. The number of benzene rings is 1. The molecule has 0 bridgehead atoms. The second kappa shape index (κ2) is 8.58. The minimum atomic E-state index is -0.562. The van der Waals surface area contributed by atoms with Gasteiger partial charge in [0.25, 0.3) is 5.91 Å². The van der Waals surface area contributed by atoms with Gasteiger partial charge in [-0.1, -0.05) is 12.1 Å². The topological polar surface area (TPSA) is 88.7 Å². The molecule has 1 aromatic rings. The maximum atomic E-state index is 11.9. The predicted octanol–water partition coefficient (Wildman–Crippen LogP) is 2.12. The van der Waals surface area contributed by atoms with E-state index in [4.69, 9.17) is 22.1 Å². The third-order valence-electron chi connectivity index (χ3n) is 2.36. The fourth-order valence-corrected chi connectivity index (χ4v) is 1.50. The Balaban J connectivity index is 2.74. The largest absolute Gasteiger partial charge is 0.390 e.